The van der Waals surface area contributed by atoms with Crippen LogP contribution in [0.1, 0.15) is 24.4 Å². The van der Waals surface area contributed by atoms with Gasteiger partial charge in [-0.1, -0.05) is 0 Å². The Labute approximate surface area is 94.5 Å². The van der Waals surface area contributed by atoms with Gasteiger partial charge in [0.1, 0.15) is 11.6 Å². The molecule has 0 aromatic heterocycles. The zero-order chi connectivity index (χ0) is 11.3. The highest BCUT2D eigenvalue weighted by atomic mass is 32.2. The van der Waals surface area contributed by atoms with Crippen molar-refractivity contribution in [2.45, 2.75) is 29.8 Å². The van der Waals surface area contributed by atoms with E-state index in [1.807, 2.05) is 0 Å². The average molecular weight is 243 g/mol. The number of halogens is 2. The molecule has 0 radical (unpaired) electrons. The Morgan fingerprint density at radius 2 is 1.94 bits per heavy atom. The Balaban J connectivity index is 2.04. The maximum atomic E-state index is 13.6. The molecule has 3 rings (SSSR count). The van der Waals surface area contributed by atoms with Crippen molar-refractivity contribution in [1.29, 1.82) is 0 Å². The molecule has 2 atom stereocenters. The largest absolute Gasteiger partial charge is 0.306 e. The molecule has 0 spiro atoms. The third-order valence-corrected chi connectivity index (χ3v) is 4.51. The molecular formula is C11H11F2NOS. The summed E-state index contributed by atoms with van der Waals surface area (Å²) < 4.78 is 38.8. The van der Waals surface area contributed by atoms with E-state index in [1.165, 1.54) is 0 Å². The monoisotopic (exact) mass is 243 g/mol. The van der Waals surface area contributed by atoms with Gasteiger partial charge in [0.25, 0.3) is 0 Å². The highest BCUT2D eigenvalue weighted by Crippen LogP contribution is 2.36. The molecule has 2 aliphatic rings. The maximum Gasteiger partial charge on any atom is 0.139 e. The number of hydrogen-bond donors (Lipinski definition) is 1. The van der Waals surface area contributed by atoms with Crippen molar-refractivity contribution in [3.05, 3.63) is 29.3 Å². The lowest BCUT2D eigenvalue weighted by molar-refractivity contribution is 0.513. The molecule has 2 nitrogen and oxygen atoms in total. The molecule has 1 fully saturated rings. The number of rotatable bonds is 2. The second-order valence-corrected chi connectivity index (χ2v) is 5.71. The summed E-state index contributed by atoms with van der Waals surface area (Å²) in [5, 5.41) is 3.21. The van der Waals surface area contributed by atoms with Gasteiger partial charge >= 0.3 is 0 Å². The summed E-state index contributed by atoms with van der Waals surface area (Å²) in [5.41, 5.74) is 0.269. The molecule has 5 heteroatoms. The number of benzene rings is 1. The second kappa shape index (κ2) is 3.60. The zero-order valence-electron chi connectivity index (χ0n) is 8.50. The molecule has 1 aliphatic carbocycles. The van der Waals surface area contributed by atoms with Crippen LogP contribution in [0.3, 0.4) is 0 Å². The lowest BCUT2D eigenvalue weighted by Crippen LogP contribution is -2.24. The number of fused-ring (bicyclic) bond motifs is 1. The fraction of sp³-hybridized carbons (Fsp3) is 0.455. The minimum absolute atomic E-state index is 0.0538. The van der Waals surface area contributed by atoms with Gasteiger partial charge in [-0.05, 0) is 25.0 Å². The lowest BCUT2D eigenvalue weighted by atomic mass is 10.1. The van der Waals surface area contributed by atoms with Gasteiger partial charge in [0, 0.05) is 23.4 Å². The third-order valence-electron chi connectivity index (χ3n) is 3.00. The first-order valence-electron chi connectivity index (χ1n) is 5.29. The quantitative estimate of drug-likeness (QED) is 0.859. The topological polar surface area (TPSA) is 29.1 Å². The Kier molecular flexibility index (Phi) is 2.33. The first kappa shape index (κ1) is 10.4. The minimum Gasteiger partial charge on any atom is -0.306 e. The highest BCUT2D eigenvalue weighted by Gasteiger charge is 2.36. The van der Waals surface area contributed by atoms with E-state index in [-0.39, 0.29) is 22.3 Å². The van der Waals surface area contributed by atoms with E-state index < -0.39 is 22.4 Å². The van der Waals surface area contributed by atoms with Gasteiger partial charge in [0.2, 0.25) is 0 Å². The molecule has 1 heterocycles. The molecule has 1 N–H and O–H groups in total. The summed E-state index contributed by atoms with van der Waals surface area (Å²) in [5.74, 6) is -0.737. The number of hydrogen-bond acceptors (Lipinski definition) is 2. The van der Waals surface area contributed by atoms with Crippen LogP contribution in [0, 0.1) is 11.6 Å². The normalized spacial score (nSPS) is 28.1. The molecule has 0 saturated heterocycles. The van der Waals surface area contributed by atoms with Crippen LogP contribution in [-0.2, 0) is 10.8 Å². The lowest BCUT2D eigenvalue weighted by Gasteiger charge is -2.12. The molecule has 1 aromatic rings. The van der Waals surface area contributed by atoms with E-state index in [0.29, 0.717) is 6.04 Å². The predicted octanol–water partition coefficient (Wildman–Crippen LogP) is 1.88. The van der Waals surface area contributed by atoms with Crippen LogP contribution >= 0.6 is 0 Å². The van der Waals surface area contributed by atoms with E-state index in [0.717, 1.165) is 25.0 Å². The molecule has 0 bridgehead atoms. The Hall–Kier alpha value is -0.810. The SMILES string of the molecule is O=S1CC(NC2CC2)c2c(F)ccc(F)c21. The summed E-state index contributed by atoms with van der Waals surface area (Å²) in [4.78, 5) is 0.0538. The molecule has 16 heavy (non-hydrogen) atoms. The van der Waals surface area contributed by atoms with E-state index in [2.05, 4.69) is 5.32 Å². The van der Waals surface area contributed by atoms with Gasteiger partial charge in [0.15, 0.2) is 0 Å². The van der Waals surface area contributed by atoms with Crippen molar-refractivity contribution in [2.75, 3.05) is 5.75 Å². The van der Waals surface area contributed by atoms with Crippen molar-refractivity contribution in [1.82, 2.24) is 5.32 Å². The number of nitrogens with one attached hydrogen (secondary N) is 1. The zero-order valence-corrected chi connectivity index (χ0v) is 9.32. The van der Waals surface area contributed by atoms with Gasteiger partial charge in [-0.15, -0.1) is 0 Å². The van der Waals surface area contributed by atoms with Crippen molar-refractivity contribution in [3.8, 4) is 0 Å². The van der Waals surface area contributed by atoms with Crippen LogP contribution in [0.5, 0.6) is 0 Å². The third kappa shape index (κ3) is 1.58. The molecule has 1 saturated carbocycles. The molecule has 0 amide bonds. The Morgan fingerprint density at radius 1 is 1.25 bits per heavy atom. The molecule has 1 aliphatic heterocycles. The summed E-state index contributed by atoms with van der Waals surface area (Å²) in [7, 11) is -1.42. The summed E-state index contributed by atoms with van der Waals surface area (Å²) in [6.07, 6.45) is 2.13. The smallest absolute Gasteiger partial charge is 0.139 e. The maximum absolute atomic E-state index is 13.6. The van der Waals surface area contributed by atoms with Crippen molar-refractivity contribution in [3.63, 3.8) is 0 Å². The Morgan fingerprint density at radius 3 is 2.62 bits per heavy atom. The van der Waals surface area contributed by atoms with Crippen LogP contribution in [-0.4, -0.2) is 16.0 Å². The molecule has 86 valence electrons. The Bertz CT molecular complexity index is 473. The fourth-order valence-corrected chi connectivity index (χ4v) is 3.59. The predicted molar refractivity (Wildman–Crippen MR) is 56.5 cm³/mol. The van der Waals surface area contributed by atoms with Crippen LogP contribution in [0.2, 0.25) is 0 Å². The molecular weight excluding hydrogens is 232 g/mol. The van der Waals surface area contributed by atoms with Crippen molar-refractivity contribution < 1.29 is 13.0 Å². The average Bonchev–Trinajstić information content (AvgIpc) is 2.97. The van der Waals surface area contributed by atoms with Crippen LogP contribution in [0.4, 0.5) is 8.78 Å². The van der Waals surface area contributed by atoms with Gasteiger partial charge in [0.05, 0.1) is 15.7 Å². The first-order chi connectivity index (χ1) is 7.66. The van der Waals surface area contributed by atoms with E-state index in [4.69, 9.17) is 0 Å². The first-order valence-corrected chi connectivity index (χ1v) is 6.61. The summed E-state index contributed by atoms with van der Waals surface area (Å²) >= 11 is 0. The fourth-order valence-electron chi connectivity index (χ4n) is 2.09. The molecule has 2 unspecified atom stereocenters. The highest BCUT2D eigenvalue weighted by molar-refractivity contribution is 7.85. The van der Waals surface area contributed by atoms with Gasteiger partial charge in [-0.25, -0.2) is 8.78 Å². The van der Waals surface area contributed by atoms with Crippen molar-refractivity contribution >= 4 is 10.8 Å². The van der Waals surface area contributed by atoms with Gasteiger partial charge < -0.3 is 5.32 Å². The summed E-state index contributed by atoms with van der Waals surface area (Å²) in [6.45, 7) is 0. The van der Waals surface area contributed by atoms with Crippen LogP contribution < -0.4 is 5.32 Å². The summed E-state index contributed by atoms with van der Waals surface area (Å²) in [6, 6.07) is 2.25. The molecule has 1 aromatic carbocycles. The van der Waals surface area contributed by atoms with Gasteiger partial charge in [-0.2, -0.15) is 0 Å². The minimum atomic E-state index is -1.42. The van der Waals surface area contributed by atoms with Crippen LogP contribution in [0.25, 0.3) is 0 Å². The van der Waals surface area contributed by atoms with E-state index in [1.54, 1.807) is 0 Å². The van der Waals surface area contributed by atoms with E-state index in [9.17, 15) is 13.0 Å². The van der Waals surface area contributed by atoms with Crippen molar-refractivity contribution in [2.24, 2.45) is 0 Å². The van der Waals surface area contributed by atoms with E-state index >= 15 is 0 Å². The second-order valence-electron chi connectivity index (χ2n) is 4.28. The standard InChI is InChI=1S/C11H11F2NOS/c12-7-3-4-8(13)11-10(7)9(5-16(11)15)14-6-1-2-6/h3-4,6,9,14H,1-2,5H2. The van der Waals surface area contributed by atoms with Gasteiger partial charge in [-0.3, -0.25) is 4.21 Å². The van der Waals surface area contributed by atoms with Crippen LogP contribution in [0.15, 0.2) is 17.0 Å².